The number of imidazole rings is 1. The van der Waals surface area contributed by atoms with Crippen LogP contribution in [-0.4, -0.2) is 48.3 Å². The van der Waals surface area contributed by atoms with E-state index in [9.17, 15) is 4.79 Å². The Hall–Kier alpha value is -3.23. The first-order valence-electron chi connectivity index (χ1n) is 10.5. The number of amides is 1. The summed E-state index contributed by atoms with van der Waals surface area (Å²) in [6.45, 7) is 2.70. The minimum atomic E-state index is -0.131. The van der Waals surface area contributed by atoms with Crippen molar-refractivity contribution in [2.24, 2.45) is 18.9 Å². The van der Waals surface area contributed by atoms with Gasteiger partial charge in [0, 0.05) is 32.0 Å². The molecule has 1 saturated heterocycles. The van der Waals surface area contributed by atoms with E-state index in [1.54, 1.807) is 23.4 Å². The fourth-order valence-corrected chi connectivity index (χ4v) is 4.78. The van der Waals surface area contributed by atoms with E-state index >= 15 is 0 Å². The van der Waals surface area contributed by atoms with E-state index in [0.29, 0.717) is 17.9 Å². The second kappa shape index (κ2) is 6.65. The first kappa shape index (κ1) is 17.6. The van der Waals surface area contributed by atoms with Crippen molar-refractivity contribution in [1.29, 1.82) is 0 Å². The second-order valence-corrected chi connectivity index (χ2v) is 8.70. The van der Waals surface area contributed by atoms with E-state index in [1.807, 2.05) is 24.0 Å². The molecule has 3 aliphatic rings. The van der Waals surface area contributed by atoms with Gasteiger partial charge < -0.3 is 14.8 Å². The molecule has 0 spiro atoms. The minimum absolute atomic E-state index is 0.0375. The number of anilines is 1. The van der Waals surface area contributed by atoms with Crippen LogP contribution in [0.15, 0.2) is 31.1 Å². The number of hydrogen-bond donors (Lipinski definition) is 1. The number of piperidine rings is 1. The lowest BCUT2D eigenvalue weighted by atomic mass is 10.2. The van der Waals surface area contributed by atoms with Crippen LogP contribution in [0.2, 0.25) is 0 Å². The van der Waals surface area contributed by atoms with E-state index in [4.69, 9.17) is 0 Å². The third-order valence-electron chi connectivity index (χ3n) is 6.63. The molecule has 0 aromatic carbocycles. The molecule has 9 heteroatoms. The minimum Gasteiger partial charge on any atom is -0.368 e. The molecule has 1 amide bonds. The number of aromatic nitrogens is 6. The average Bonchev–Trinajstić information content (AvgIpc) is 3.21. The highest BCUT2D eigenvalue weighted by Crippen LogP contribution is 2.46. The van der Waals surface area contributed by atoms with Gasteiger partial charge in [0.2, 0.25) is 0 Å². The van der Waals surface area contributed by atoms with Gasteiger partial charge in [0.1, 0.15) is 12.4 Å². The highest BCUT2D eigenvalue weighted by molar-refractivity contribution is 5.94. The third-order valence-corrected chi connectivity index (χ3v) is 6.63. The van der Waals surface area contributed by atoms with Crippen LogP contribution >= 0.6 is 0 Å². The molecule has 154 valence electrons. The van der Waals surface area contributed by atoms with Crippen molar-refractivity contribution >= 4 is 11.6 Å². The number of nitrogens with one attached hydrogen (secondary N) is 1. The molecule has 3 aromatic heterocycles. The number of carbonyl (C=O) groups is 1. The maximum Gasteiger partial charge on any atom is 0.255 e. The molecular formula is C21H24N8O. The van der Waals surface area contributed by atoms with Gasteiger partial charge in [-0.25, -0.2) is 15.0 Å². The quantitative estimate of drug-likeness (QED) is 0.690. The van der Waals surface area contributed by atoms with Crippen molar-refractivity contribution in [2.45, 2.75) is 31.8 Å². The van der Waals surface area contributed by atoms with Crippen LogP contribution in [0.4, 0.5) is 5.69 Å². The molecule has 0 radical (unpaired) electrons. The van der Waals surface area contributed by atoms with Crippen molar-refractivity contribution in [3.8, 4) is 0 Å². The molecule has 1 N–H and O–H groups in total. The van der Waals surface area contributed by atoms with Crippen LogP contribution < -0.4 is 10.2 Å². The van der Waals surface area contributed by atoms with E-state index in [-0.39, 0.29) is 11.9 Å². The summed E-state index contributed by atoms with van der Waals surface area (Å²) in [5.41, 5.74) is 3.80. The lowest BCUT2D eigenvalue weighted by Crippen LogP contribution is -2.27. The van der Waals surface area contributed by atoms with Crippen LogP contribution in [0.25, 0.3) is 0 Å². The van der Waals surface area contributed by atoms with E-state index < -0.39 is 0 Å². The van der Waals surface area contributed by atoms with Gasteiger partial charge in [0.05, 0.1) is 47.9 Å². The Bertz CT molecular complexity index is 1090. The zero-order chi connectivity index (χ0) is 20.2. The summed E-state index contributed by atoms with van der Waals surface area (Å²) in [4.78, 5) is 28.5. The predicted molar refractivity (Wildman–Crippen MR) is 109 cm³/mol. The zero-order valence-corrected chi connectivity index (χ0v) is 16.9. The van der Waals surface area contributed by atoms with Crippen molar-refractivity contribution in [2.75, 3.05) is 18.0 Å². The lowest BCUT2D eigenvalue weighted by Gasteiger charge is -2.19. The Morgan fingerprint density at radius 1 is 1.17 bits per heavy atom. The Balaban J connectivity index is 1.09. The van der Waals surface area contributed by atoms with Crippen LogP contribution in [-0.2, 0) is 20.0 Å². The molecule has 4 heterocycles. The lowest BCUT2D eigenvalue weighted by molar-refractivity contribution is 0.0936. The van der Waals surface area contributed by atoms with Gasteiger partial charge in [-0.15, -0.1) is 0 Å². The van der Waals surface area contributed by atoms with Gasteiger partial charge in [0.25, 0.3) is 5.91 Å². The molecule has 2 unspecified atom stereocenters. The summed E-state index contributed by atoms with van der Waals surface area (Å²) in [6, 6.07) is -0.0375. The highest BCUT2D eigenvalue weighted by atomic mass is 16.1. The number of fused-ring (bicyclic) bond motifs is 2. The first-order chi connectivity index (χ1) is 14.6. The van der Waals surface area contributed by atoms with Crippen LogP contribution in [0.5, 0.6) is 0 Å². The van der Waals surface area contributed by atoms with E-state index in [1.165, 1.54) is 12.1 Å². The Morgan fingerprint density at radius 3 is 2.77 bits per heavy atom. The standard InChI is InChI=1S/C21H24N8O/c1-27-12-24-20-17(2-3-18(20)27)26-21(30)15-5-25-29(10-15)11-19-22-6-16(7-23-19)28-8-13-4-14(13)9-28/h5-7,10,12-14,17H,2-4,8-9,11H2,1H3,(H,26,30)/t13?,14?,17-/m1/s1. The summed E-state index contributed by atoms with van der Waals surface area (Å²) in [5.74, 6) is 2.32. The molecule has 3 aromatic rings. The van der Waals surface area contributed by atoms with Crippen molar-refractivity contribution in [3.63, 3.8) is 0 Å². The summed E-state index contributed by atoms with van der Waals surface area (Å²) in [5, 5.41) is 7.40. The summed E-state index contributed by atoms with van der Waals surface area (Å²) in [7, 11) is 1.99. The van der Waals surface area contributed by atoms with Gasteiger partial charge in [0.15, 0.2) is 0 Å². The summed E-state index contributed by atoms with van der Waals surface area (Å²) >= 11 is 0. The maximum absolute atomic E-state index is 12.7. The highest BCUT2D eigenvalue weighted by Gasteiger charge is 2.45. The van der Waals surface area contributed by atoms with Crippen molar-refractivity contribution < 1.29 is 4.79 Å². The van der Waals surface area contributed by atoms with Crippen LogP contribution in [0, 0.1) is 11.8 Å². The van der Waals surface area contributed by atoms with E-state index in [0.717, 1.165) is 49.1 Å². The number of hydrogen-bond acceptors (Lipinski definition) is 6. The molecule has 6 rings (SSSR count). The van der Waals surface area contributed by atoms with Gasteiger partial charge in [-0.05, 0) is 31.1 Å². The fourth-order valence-electron chi connectivity index (χ4n) is 4.78. The summed E-state index contributed by atoms with van der Waals surface area (Å²) < 4.78 is 3.73. The molecule has 30 heavy (non-hydrogen) atoms. The molecule has 2 aliphatic carbocycles. The van der Waals surface area contributed by atoms with Gasteiger partial charge in [-0.2, -0.15) is 5.10 Å². The Labute approximate surface area is 174 Å². The van der Waals surface area contributed by atoms with Crippen LogP contribution in [0.3, 0.4) is 0 Å². The van der Waals surface area contributed by atoms with Crippen LogP contribution in [0.1, 0.15) is 46.5 Å². The normalized spacial score (nSPS) is 24.0. The average molecular weight is 404 g/mol. The topological polar surface area (TPSA) is 93.8 Å². The number of aryl methyl sites for hydroxylation is 1. The first-order valence-corrected chi connectivity index (χ1v) is 10.5. The third kappa shape index (κ3) is 3.05. The molecule has 9 nitrogen and oxygen atoms in total. The smallest absolute Gasteiger partial charge is 0.255 e. The number of rotatable bonds is 5. The second-order valence-electron chi connectivity index (χ2n) is 8.70. The SMILES string of the molecule is Cn1cnc2c1CC[C@H]2NC(=O)c1cnn(Cc2ncc(N3CC4CC4C3)cn2)c1. The predicted octanol–water partition coefficient (Wildman–Crippen LogP) is 1.33. The maximum atomic E-state index is 12.7. The molecule has 0 bridgehead atoms. The van der Waals surface area contributed by atoms with E-state index in [2.05, 4.69) is 30.3 Å². The molecular weight excluding hydrogens is 380 g/mol. The molecule has 1 aliphatic heterocycles. The van der Waals surface area contributed by atoms with Crippen molar-refractivity contribution in [3.05, 3.63) is 53.9 Å². The van der Waals surface area contributed by atoms with Crippen molar-refractivity contribution in [1.82, 2.24) is 34.6 Å². The summed E-state index contributed by atoms with van der Waals surface area (Å²) in [6.07, 6.45) is 12.1. The Kier molecular flexibility index (Phi) is 3.90. The van der Waals surface area contributed by atoms with Gasteiger partial charge >= 0.3 is 0 Å². The number of nitrogens with zero attached hydrogens (tertiary/aromatic N) is 7. The fraction of sp³-hybridized carbons (Fsp3) is 0.476. The molecule has 1 saturated carbocycles. The van der Waals surface area contributed by atoms with Gasteiger partial charge in [-0.3, -0.25) is 9.48 Å². The largest absolute Gasteiger partial charge is 0.368 e. The number of carbonyl (C=O) groups excluding carboxylic acids is 1. The monoisotopic (exact) mass is 404 g/mol. The van der Waals surface area contributed by atoms with Gasteiger partial charge in [-0.1, -0.05) is 0 Å². The molecule has 2 fully saturated rings. The Morgan fingerprint density at radius 2 is 1.97 bits per heavy atom. The molecule has 3 atom stereocenters. The zero-order valence-electron chi connectivity index (χ0n) is 16.9.